The molecular formula is C31H30ClN5. The SMILES string of the molecule is CC(C)(C)[n+]1c(-c2ccccc2)nn(-c2ccccc2)c1/C(=N/Nc1ccccc1)c1ccccc1.[Cl-]. The number of nitrogens with zero attached hydrogens (tertiary/aromatic N) is 4. The van der Waals surface area contributed by atoms with Crippen molar-refractivity contribution in [1.82, 2.24) is 9.78 Å². The molecule has 0 aliphatic carbocycles. The molecular weight excluding hydrogens is 478 g/mol. The van der Waals surface area contributed by atoms with Crippen LogP contribution in [0.15, 0.2) is 126 Å². The summed E-state index contributed by atoms with van der Waals surface area (Å²) in [6.07, 6.45) is 0. The van der Waals surface area contributed by atoms with Crippen LogP contribution in [0.3, 0.4) is 0 Å². The molecule has 0 aliphatic rings. The minimum Gasteiger partial charge on any atom is -1.00 e. The maximum absolute atomic E-state index is 5.19. The van der Waals surface area contributed by atoms with E-state index in [9.17, 15) is 0 Å². The molecule has 0 amide bonds. The second-order valence-corrected chi connectivity index (χ2v) is 9.57. The second-order valence-electron chi connectivity index (χ2n) is 9.57. The predicted molar refractivity (Wildman–Crippen MR) is 146 cm³/mol. The number of aromatic nitrogens is 3. The van der Waals surface area contributed by atoms with Gasteiger partial charge in [-0.25, -0.2) is 4.57 Å². The van der Waals surface area contributed by atoms with E-state index >= 15 is 0 Å². The molecule has 0 aliphatic heterocycles. The first-order chi connectivity index (χ1) is 17.5. The van der Waals surface area contributed by atoms with Gasteiger partial charge >= 0.3 is 5.82 Å². The molecule has 1 N–H and O–H groups in total. The van der Waals surface area contributed by atoms with Crippen LogP contribution in [0, 0.1) is 0 Å². The van der Waals surface area contributed by atoms with Gasteiger partial charge in [-0.05, 0) is 57.2 Å². The highest BCUT2D eigenvalue weighted by atomic mass is 35.5. The maximum Gasteiger partial charge on any atom is 0.310 e. The van der Waals surface area contributed by atoms with Crippen LogP contribution in [0.4, 0.5) is 5.69 Å². The Morgan fingerprint density at radius 3 is 1.81 bits per heavy atom. The average molecular weight is 508 g/mol. The summed E-state index contributed by atoms with van der Waals surface area (Å²) in [5.41, 5.74) is 7.73. The predicted octanol–water partition coefficient (Wildman–Crippen LogP) is 3.45. The van der Waals surface area contributed by atoms with E-state index in [1.54, 1.807) is 0 Å². The van der Waals surface area contributed by atoms with Crippen molar-refractivity contribution < 1.29 is 17.0 Å². The van der Waals surface area contributed by atoms with Crippen molar-refractivity contribution in [3.05, 3.63) is 133 Å². The minimum atomic E-state index is -0.282. The number of rotatable bonds is 6. The van der Waals surface area contributed by atoms with Crippen LogP contribution in [0.1, 0.15) is 32.2 Å². The summed E-state index contributed by atoms with van der Waals surface area (Å²) in [5, 5.41) is 10.2. The number of hydrogen-bond acceptors (Lipinski definition) is 3. The first kappa shape index (κ1) is 25.9. The number of nitrogens with one attached hydrogen (secondary N) is 1. The Labute approximate surface area is 224 Å². The quantitative estimate of drug-likeness (QED) is 0.217. The number of hydrogen-bond donors (Lipinski definition) is 1. The first-order valence-electron chi connectivity index (χ1n) is 12.1. The number of halogens is 1. The Morgan fingerprint density at radius 2 is 1.24 bits per heavy atom. The van der Waals surface area contributed by atoms with E-state index < -0.39 is 0 Å². The lowest BCUT2D eigenvalue weighted by Gasteiger charge is -2.20. The Morgan fingerprint density at radius 1 is 0.730 bits per heavy atom. The van der Waals surface area contributed by atoms with Gasteiger partial charge < -0.3 is 12.4 Å². The fraction of sp³-hybridized carbons (Fsp3) is 0.129. The molecule has 37 heavy (non-hydrogen) atoms. The van der Waals surface area contributed by atoms with E-state index in [0.29, 0.717) is 0 Å². The van der Waals surface area contributed by atoms with Crippen LogP contribution in [0.25, 0.3) is 17.1 Å². The zero-order valence-corrected chi connectivity index (χ0v) is 22.0. The van der Waals surface area contributed by atoms with Gasteiger partial charge in [-0.3, -0.25) is 5.43 Å². The lowest BCUT2D eigenvalue weighted by Crippen LogP contribution is -3.00. The third kappa shape index (κ3) is 5.63. The highest BCUT2D eigenvalue weighted by Crippen LogP contribution is 2.23. The molecule has 0 saturated carbocycles. The number of benzene rings is 4. The monoisotopic (exact) mass is 507 g/mol. The molecule has 5 nitrogen and oxygen atoms in total. The van der Waals surface area contributed by atoms with Crippen LogP contribution >= 0.6 is 0 Å². The first-order valence-corrected chi connectivity index (χ1v) is 12.1. The molecule has 0 saturated heterocycles. The van der Waals surface area contributed by atoms with Gasteiger partial charge in [-0.2, -0.15) is 5.10 Å². The van der Waals surface area contributed by atoms with E-state index in [1.807, 2.05) is 89.6 Å². The van der Waals surface area contributed by atoms with E-state index in [-0.39, 0.29) is 17.9 Å². The van der Waals surface area contributed by atoms with Crippen LogP contribution in [-0.4, -0.2) is 15.5 Å². The molecule has 5 rings (SSSR count). The van der Waals surface area contributed by atoms with Crippen molar-refractivity contribution in [3.63, 3.8) is 0 Å². The molecule has 186 valence electrons. The van der Waals surface area contributed by atoms with E-state index in [1.165, 1.54) is 0 Å². The van der Waals surface area contributed by atoms with Gasteiger partial charge in [0.25, 0.3) is 5.82 Å². The third-order valence-electron chi connectivity index (χ3n) is 5.85. The van der Waals surface area contributed by atoms with Gasteiger partial charge in [-0.15, -0.1) is 0 Å². The summed E-state index contributed by atoms with van der Waals surface area (Å²) in [5.74, 6) is 1.77. The summed E-state index contributed by atoms with van der Waals surface area (Å²) in [7, 11) is 0. The normalized spacial score (nSPS) is 11.6. The van der Waals surface area contributed by atoms with E-state index in [4.69, 9.17) is 10.2 Å². The Kier molecular flexibility index (Phi) is 7.85. The highest BCUT2D eigenvalue weighted by Gasteiger charge is 2.38. The van der Waals surface area contributed by atoms with Crippen LogP contribution in [0.5, 0.6) is 0 Å². The molecule has 0 radical (unpaired) electrons. The molecule has 6 heteroatoms. The van der Waals surface area contributed by atoms with Crippen molar-refractivity contribution in [2.24, 2.45) is 5.10 Å². The Balaban J connectivity index is 0.00000320. The van der Waals surface area contributed by atoms with Gasteiger partial charge in [0.15, 0.2) is 5.71 Å². The van der Waals surface area contributed by atoms with Gasteiger partial charge in [0, 0.05) is 5.56 Å². The molecule has 0 fully saturated rings. The van der Waals surface area contributed by atoms with Crippen molar-refractivity contribution in [3.8, 4) is 17.1 Å². The zero-order chi connectivity index (χ0) is 25.0. The lowest BCUT2D eigenvalue weighted by molar-refractivity contribution is -0.745. The Bertz CT molecular complexity index is 1460. The Hall–Kier alpha value is -4.22. The largest absolute Gasteiger partial charge is 1.00 e. The van der Waals surface area contributed by atoms with Crippen molar-refractivity contribution in [2.45, 2.75) is 26.3 Å². The van der Waals surface area contributed by atoms with Crippen molar-refractivity contribution in [2.75, 3.05) is 5.43 Å². The van der Waals surface area contributed by atoms with Crippen LogP contribution < -0.4 is 22.4 Å². The van der Waals surface area contributed by atoms with Gasteiger partial charge in [0.05, 0.1) is 21.9 Å². The summed E-state index contributed by atoms with van der Waals surface area (Å²) in [6.45, 7) is 6.60. The molecule has 1 aromatic heterocycles. The van der Waals surface area contributed by atoms with Crippen LogP contribution in [0.2, 0.25) is 0 Å². The maximum atomic E-state index is 5.19. The van der Waals surface area contributed by atoms with E-state index in [2.05, 4.69) is 67.2 Å². The van der Waals surface area contributed by atoms with Crippen molar-refractivity contribution in [1.29, 1.82) is 0 Å². The zero-order valence-electron chi connectivity index (χ0n) is 21.2. The standard InChI is InChI=1S/C31H29N5.ClH/c1-31(2,3)35-29(25-18-10-5-11-19-25)34-36(27-22-14-7-15-23-27)30(35)28(24-16-8-4-9-17-24)33-32-26-20-12-6-13-21-26;/h4-23H,1-3H3;1H. The second kappa shape index (κ2) is 11.2. The summed E-state index contributed by atoms with van der Waals surface area (Å²) < 4.78 is 4.29. The molecule has 0 unspecified atom stereocenters. The fourth-order valence-corrected chi connectivity index (χ4v) is 4.22. The fourth-order valence-electron chi connectivity index (χ4n) is 4.22. The molecule has 0 spiro atoms. The van der Waals surface area contributed by atoms with Crippen LogP contribution in [-0.2, 0) is 5.54 Å². The minimum absolute atomic E-state index is 0. The smallest absolute Gasteiger partial charge is 0.310 e. The van der Waals surface area contributed by atoms with Crippen molar-refractivity contribution >= 4 is 11.4 Å². The summed E-state index contributed by atoms with van der Waals surface area (Å²) in [6, 6.07) is 40.8. The molecule has 0 atom stereocenters. The number of hydrazone groups is 1. The van der Waals surface area contributed by atoms with Gasteiger partial charge in [-0.1, -0.05) is 89.6 Å². The van der Waals surface area contributed by atoms with Gasteiger partial charge in [0.1, 0.15) is 5.69 Å². The average Bonchev–Trinajstić information content (AvgIpc) is 3.32. The van der Waals surface area contributed by atoms with Gasteiger partial charge in [0.2, 0.25) is 0 Å². The number of para-hydroxylation sites is 2. The molecule has 4 aromatic carbocycles. The molecule has 1 heterocycles. The molecule has 5 aromatic rings. The third-order valence-corrected chi connectivity index (χ3v) is 5.85. The number of anilines is 1. The summed E-state index contributed by atoms with van der Waals surface area (Å²) in [4.78, 5) is 0. The topological polar surface area (TPSA) is 46.1 Å². The highest BCUT2D eigenvalue weighted by molar-refractivity contribution is 6.10. The summed E-state index contributed by atoms with van der Waals surface area (Å²) >= 11 is 0. The lowest BCUT2D eigenvalue weighted by atomic mass is 10.0. The van der Waals surface area contributed by atoms with E-state index in [0.717, 1.165) is 39.9 Å². The molecule has 0 bridgehead atoms.